The Hall–Kier alpha value is -11.5. The second-order valence-corrected chi connectivity index (χ2v) is 32.7. The molecule has 35 heteroatoms. The van der Waals surface area contributed by atoms with Gasteiger partial charge in [-0.05, 0) is 153 Å². The number of hydrogen-bond acceptors (Lipinski definition) is 20. The summed E-state index contributed by atoms with van der Waals surface area (Å²) in [5.74, 6) is -15.8. The second kappa shape index (κ2) is 50.1. The molecule has 0 radical (unpaired) electrons. The lowest BCUT2D eigenvalue weighted by atomic mass is 9.90. The summed E-state index contributed by atoms with van der Waals surface area (Å²) < 4.78 is 0. The molecular weight excluding hydrogens is 1570 g/mol. The molecule has 1 aliphatic heterocycles. The van der Waals surface area contributed by atoms with Gasteiger partial charge in [0.1, 0.15) is 71.2 Å². The van der Waals surface area contributed by atoms with Crippen LogP contribution < -0.4 is 80.6 Å². The number of aliphatic hydroxyl groups is 2. The quantitative estimate of drug-likeness (QED) is 0.0261. The van der Waals surface area contributed by atoms with Gasteiger partial charge in [-0.1, -0.05) is 134 Å². The van der Waals surface area contributed by atoms with Crippen molar-refractivity contribution in [2.24, 2.45) is 29.2 Å². The van der Waals surface area contributed by atoms with Gasteiger partial charge in [0.15, 0.2) is 0 Å². The van der Waals surface area contributed by atoms with Crippen molar-refractivity contribution in [1.29, 1.82) is 0 Å². The Labute approximate surface area is 713 Å². The first kappa shape index (κ1) is 103. The number of aromatic nitrogens is 1. The van der Waals surface area contributed by atoms with E-state index in [4.69, 9.17) is 11.5 Å². The lowest BCUT2D eigenvalue weighted by Gasteiger charge is -2.33. The number of aliphatic hydroxyl groups excluding tert-OH is 2. The molecule has 4 unspecified atom stereocenters. The van der Waals surface area contributed by atoms with Crippen molar-refractivity contribution >= 4 is 105 Å². The molecule has 35 nitrogen and oxygen atoms in total. The van der Waals surface area contributed by atoms with Crippen LogP contribution in [0.15, 0.2) is 97.2 Å². The molecule has 14 amide bonds. The molecule has 0 bridgehead atoms. The van der Waals surface area contributed by atoms with E-state index in [0.717, 1.165) is 0 Å². The number of carbonyl (C=O) groups excluding carboxylic acids is 16. The number of H-pyrrole nitrogens is 1. The Morgan fingerprint density at radius 3 is 1.80 bits per heavy atom. The number of Topliss-reactive ketones (excluding diaryl/α,β-unsaturated/α-hetero) is 2. The third-order valence-corrected chi connectivity index (χ3v) is 21.1. The van der Waals surface area contributed by atoms with Crippen molar-refractivity contribution in [2.75, 3.05) is 13.2 Å². The van der Waals surface area contributed by atoms with E-state index in [1.54, 1.807) is 60.8 Å². The Morgan fingerprint density at radius 1 is 0.566 bits per heavy atom. The van der Waals surface area contributed by atoms with E-state index in [1.165, 1.54) is 79.7 Å². The van der Waals surface area contributed by atoms with Crippen molar-refractivity contribution in [2.45, 2.75) is 283 Å². The maximum atomic E-state index is 15.2. The monoisotopic (exact) mass is 1700 g/mol. The SMILES string of the molecule is C.CC(=O)N[C@@H](CC(C)C)C(=O)N[C@H](C(=O)N[C@@H](Cc1ccccc1)C(=O)N[C@]1(C)CCCCCC/C=C/CCC[C@@](C)(C(=O)NC(CO)C(=O)N[C@@H](C)C(=O)NC(C)C(N)=O)NC(=O)[C@H](CCC(C)C)CN[C@@H](CCC(N)=O)C(=O)C(=O)C(C)NC(=O)[C@H](Cc2c[nH]c3ccccc23)NC(=O)[C@H](Cc2ccc(O)cc2)NC(=O)C(C)NC1=O)[C@@H](C)O. The topological polar surface area (TPSA) is 558 Å². The lowest BCUT2D eigenvalue weighted by Crippen LogP contribution is -2.64. The number of amides is 14. The van der Waals surface area contributed by atoms with Crippen molar-refractivity contribution in [3.05, 3.63) is 114 Å². The maximum absolute atomic E-state index is 15.2. The van der Waals surface area contributed by atoms with Crippen LogP contribution in [-0.4, -0.2) is 211 Å². The van der Waals surface area contributed by atoms with Crippen molar-refractivity contribution in [1.82, 2.24) is 74.1 Å². The van der Waals surface area contributed by atoms with E-state index in [0.29, 0.717) is 66.1 Å². The lowest BCUT2D eigenvalue weighted by molar-refractivity contribution is -0.140. The highest BCUT2D eigenvalue weighted by Crippen LogP contribution is 2.25. The van der Waals surface area contributed by atoms with Crippen molar-refractivity contribution in [3.63, 3.8) is 0 Å². The third kappa shape index (κ3) is 33.5. The number of ketones is 2. The van der Waals surface area contributed by atoms with E-state index in [2.05, 4.69) is 74.1 Å². The average molecular weight is 1700 g/mol. The van der Waals surface area contributed by atoms with Crippen molar-refractivity contribution in [3.8, 4) is 5.75 Å². The first-order chi connectivity index (χ1) is 57.0. The molecule has 21 N–H and O–H groups in total. The highest BCUT2D eigenvalue weighted by Gasteiger charge is 2.43. The normalized spacial score (nSPS) is 22.6. The number of phenolic OH excluding ortho intramolecular Hbond substituents is 1. The number of carbonyl (C=O) groups is 16. The number of fused-ring (bicyclic) bond motifs is 1. The highest BCUT2D eigenvalue weighted by atomic mass is 16.3. The summed E-state index contributed by atoms with van der Waals surface area (Å²) in [6, 6.07) is 4.98. The Morgan fingerprint density at radius 2 is 1.17 bits per heavy atom. The van der Waals surface area contributed by atoms with Crippen LogP contribution in [-0.2, 0) is 96.0 Å². The number of primary amides is 2. The predicted molar refractivity (Wildman–Crippen MR) is 457 cm³/mol. The predicted octanol–water partition coefficient (Wildman–Crippen LogP) is 1.63. The fraction of sp³-hybridized carbons (Fsp3) is 0.563. The van der Waals surface area contributed by atoms with Gasteiger partial charge in [0.05, 0.1) is 30.7 Å². The first-order valence-corrected chi connectivity index (χ1v) is 41.4. The fourth-order valence-corrected chi connectivity index (χ4v) is 13.6. The Bertz CT molecular complexity index is 4270. The summed E-state index contributed by atoms with van der Waals surface area (Å²) >= 11 is 0. The Balaban J connectivity index is 0.0000312. The van der Waals surface area contributed by atoms with E-state index in [9.17, 15) is 72.9 Å². The van der Waals surface area contributed by atoms with Crippen LogP contribution in [0.5, 0.6) is 5.75 Å². The van der Waals surface area contributed by atoms with Crippen LogP contribution in [0.3, 0.4) is 0 Å². The Kier molecular flexibility index (Phi) is 42.2. The van der Waals surface area contributed by atoms with Crippen molar-refractivity contribution < 1.29 is 92.0 Å². The smallest absolute Gasteiger partial charge is 0.246 e. The summed E-state index contributed by atoms with van der Waals surface area (Å²) in [4.78, 5) is 229. The van der Waals surface area contributed by atoms with E-state index in [1.807, 2.05) is 39.8 Å². The summed E-state index contributed by atoms with van der Waals surface area (Å²) in [6.07, 6.45) is 5.86. The van der Waals surface area contributed by atoms with Gasteiger partial charge < -0.3 is 101 Å². The molecule has 0 fully saturated rings. The number of para-hydroxylation sites is 1. The van der Waals surface area contributed by atoms with Crippen LogP contribution in [0.25, 0.3) is 10.9 Å². The molecule has 3 aromatic carbocycles. The number of hydrogen-bond donors (Lipinski definition) is 19. The number of phenols is 1. The van der Waals surface area contributed by atoms with Crippen LogP contribution >= 0.6 is 0 Å². The van der Waals surface area contributed by atoms with Gasteiger partial charge in [0, 0.05) is 56.3 Å². The molecular formula is C87H130N16O19. The standard InChI is InChI=1S/C86H126N16O19.CH4/c1-48(2)31-34-58-45-90-63(37-38-69(87)107)72(109)71(108)50(5)91-77(114)67(44-59-46-89-62-30-24-23-29-61(59)62)97-78(115)65(43-57-32-35-60(106)36-33-57)96-75(112)53(8)94-83(120)85(11,102-81(118)66(42-56-27-21-20-22-28-56)98-82(119)70(54(9)104)100-79(116)64(41-49(3)4)95-55(10)105)39-25-18-16-14-13-15-17-19-26-40-86(12,101-76(58)113)84(121)99-68(47-103)80(117)93-52(7)74(111)92-51(6)73(88)110;/h15,17,20-24,27-30,32-33,35-36,46,48-54,58,63-68,70,89-90,103-104,106H,13-14,16,18-19,25-26,31,34,37-45,47H2,1-12H3,(H2,87,107)(H2,88,110)(H,91,114)(H,92,111)(H,93,117)(H,94,120)(H,95,105)(H,96,112)(H,97,115)(H,98,119)(H,99,121)(H,100,116)(H,101,113)(H,102,118);1H4/b17-15+;/t50?,51?,52-,53?,54+,58+,63-,64-,65-,66-,67-,68?,70-,85+,86-;/m0./s1. The van der Waals surface area contributed by atoms with Gasteiger partial charge >= 0.3 is 0 Å². The number of benzene rings is 3. The van der Waals surface area contributed by atoms with Gasteiger partial charge in [-0.25, -0.2) is 0 Å². The maximum Gasteiger partial charge on any atom is 0.246 e. The molecule has 1 aromatic heterocycles. The number of rotatable bonds is 30. The van der Waals surface area contributed by atoms with E-state index in [-0.39, 0.29) is 95.8 Å². The number of aromatic hydroxyl groups is 1. The van der Waals surface area contributed by atoms with E-state index >= 15 is 19.2 Å². The minimum Gasteiger partial charge on any atom is -0.508 e. The molecule has 0 saturated carbocycles. The highest BCUT2D eigenvalue weighted by molar-refractivity contribution is 6.41. The zero-order valence-electron chi connectivity index (χ0n) is 71.4. The molecule has 15 atom stereocenters. The van der Waals surface area contributed by atoms with Gasteiger partial charge in [-0.15, -0.1) is 0 Å². The minimum atomic E-state index is -1.91. The zero-order valence-corrected chi connectivity index (χ0v) is 71.4. The van der Waals surface area contributed by atoms with E-state index < -0.39 is 197 Å². The molecule has 0 aliphatic carbocycles. The second-order valence-electron chi connectivity index (χ2n) is 32.7. The fourth-order valence-electron chi connectivity index (χ4n) is 13.6. The summed E-state index contributed by atoms with van der Waals surface area (Å²) in [5, 5.41) is 67.0. The van der Waals surface area contributed by atoms with Gasteiger partial charge in [0.2, 0.25) is 94.3 Å². The van der Waals surface area contributed by atoms with Crippen LogP contribution in [0.4, 0.5) is 0 Å². The summed E-state index contributed by atoms with van der Waals surface area (Å²) in [5.41, 5.74) is 9.25. The van der Waals surface area contributed by atoms with Gasteiger partial charge in [-0.3, -0.25) is 76.7 Å². The number of aromatic amines is 1. The molecule has 0 saturated heterocycles. The van der Waals surface area contributed by atoms with Crippen LogP contribution in [0.2, 0.25) is 0 Å². The first-order valence-electron chi connectivity index (χ1n) is 41.4. The largest absolute Gasteiger partial charge is 0.508 e. The van der Waals surface area contributed by atoms with Crippen LogP contribution in [0, 0.1) is 17.8 Å². The molecule has 4 aromatic rings. The molecule has 1 aliphatic rings. The average Bonchev–Trinajstić information content (AvgIpc) is 1.64. The summed E-state index contributed by atoms with van der Waals surface area (Å²) in [6.45, 7) is 16.6. The molecule has 122 heavy (non-hydrogen) atoms. The molecule has 0 spiro atoms. The van der Waals surface area contributed by atoms with Gasteiger partial charge in [0.25, 0.3) is 0 Å². The number of nitrogens with one attached hydrogen (secondary N) is 14. The summed E-state index contributed by atoms with van der Waals surface area (Å²) in [7, 11) is 0. The van der Waals surface area contributed by atoms with Crippen LogP contribution in [0.1, 0.15) is 197 Å². The zero-order chi connectivity index (χ0) is 90.0. The third-order valence-electron chi connectivity index (χ3n) is 21.1. The number of allylic oxidation sites excluding steroid dienone is 2. The number of nitrogens with two attached hydrogens (primary N) is 2. The van der Waals surface area contributed by atoms with Gasteiger partial charge in [-0.2, -0.15) is 0 Å². The minimum absolute atomic E-state index is 0. The molecule has 2 heterocycles. The molecule has 5 rings (SSSR count). The molecule has 672 valence electrons.